The highest BCUT2D eigenvalue weighted by Gasteiger charge is 2.01. The molecular formula is C40H52. The highest BCUT2D eigenvalue weighted by molar-refractivity contribution is 5.61. The monoisotopic (exact) mass is 532 g/mol. The lowest BCUT2D eigenvalue weighted by molar-refractivity contribution is 0.737. The van der Waals surface area contributed by atoms with E-state index in [1.54, 1.807) is 0 Å². The topological polar surface area (TPSA) is 0 Å². The van der Waals surface area contributed by atoms with Crippen molar-refractivity contribution in [1.82, 2.24) is 0 Å². The molecule has 0 nitrogen and oxygen atoms in total. The van der Waals surface area contributed by atoms with Crippen molar-refractivity contribution < 1.29 is 0 Å². The zero-order chi connectivity index (χ0) is 29.9. The number of aryl methyl sites for hydroxylation is 2. The molecule has 1 unspecified atom stereocenters. The van der Waals surface area contributed by atoms with Crippen LogP contribution >= 0.6 is 0 Å². The minimum Gasteiger partial charge on any atom is -0.0837 e. The molecule has 0 amide bonds. The lowest BCUT2D eigenvalue weighted by Crippen LogP contribution is -1.89. The normalized spacial score (nSPS) is 15.2. The first kappa shape index (κ1) is 34.4. The summed E-state index contributed by atoms with van der Waals surface area (Å²) in [5.41, 5.74) is 11.6. The molecule has 1 rings (SSSR count). The summed E-state index contributed by atoms with van der Waals surface area (Å²) in [5.74, 6) is 0.588. The van der Waals surface area contributed by atoms with Gasteiger partial charge in [-0.3, -0.25) is 0 Å². The van der Waals surface area contributed by atoms with Crippen LogP contribution in [0.2, 0.25) is 0 Å². The second kappa shape index (κ2) is 19.4. The first-order valence-electron chi connectivity index (χ1n) is 14.4. The van der Waals surface area contributed by atoms with E-state index in [1.165, 1.54) is 50.1 Å². The predicted octanol–water partition coefficient (Wildman–Crippen LogP) is 12.2. The lowest BCUT2D eigenvalue weighted by atomic mass is 9.97. The van der Waals surface area contributed by atoms with Crippen LogP contribution in [0.3, 0.4) is 0 Å². The van der Waals surface area contributed by atoms with Crippen molar-refractivity contribution in [1.29, 1.82) is 0 Å². The molecule has 0 radical (unpaired) electrons. The summed E-state index contributed by atoms with van der Waals surface area (Å²) in [5, 5.41) is 0. The molecule has 0 fully saturated rings. The summed E-state index contributed by atoms with van der Waals surface area (Å²) in [6.45, 7) is 21.6. The van der Waals surface area contributed by atoms with Gasteiger partial charge >= 0.3 is 0 Å². The van der Waals surface area contributed by atoms with Crippen LogP contribution in [0.4, 0.5) is 0 Å². The molecule has 0 saturated carbocycles. The van der Waals surface area contributed by atoms with Crippen LogP contribution in [0.25, 0.3) is 6.08 Å². The zero-order valence-corrected chi connectivity index (χ0v) is 26.8. The highest BCUT2D eigenvalue weighted by Crippen LogP contribution is 2.19. The van der Waals surface area contributed by atoms with Crippen molar-refractivity contribution >= 4 is 6.08 Å². The summed E-state index contributed by atoms with van der Waals surface area (Å²) in [6, 6.07) is 4.39. The Balaban J connectivity index is 2.56. The van der Waals surface area contributed by atoms with Crippen LogP contribution in [0, 0.1) is 26.7 Å². The molecule has 0 saturated heterocycles. The second-order valence-electron chi connectivity index (χ2n) is 11.1. The maximum atomic E-state index is 2.32. The molecule has 40 heavy (non-hydrogen) atoms. The third-order valence-corrected chi connectivity index (χ3v) is 6.51. The fourth-order valence-electron chi connectivity index (χ4n) is 4.02. The SMILES string of the molecule is CC(C)=CC(C)C/C=C/C(C)=C/C=C/C=C/C(C)=C/C=C\C=C(C)\C=C\C=C(C)\C=C\c1c(C)ccc(C)c1C. The Morgan fingerprint density at radius 3 is 1.73 bits per heavy atom. The van der Waals surface area contributed by atoms with Gasteiger partial charge < -0.3 is 0 Å². The quantitative estimate of drug-likeness (QED) is 0.175. The molecule has 0 heteroatoms. The van der Waals surface area contributed by atoms with Gasteiger partial charge in [-0.1, -0.05) is 150 Å². The zero-order valence-electron chi connectivity index (χ0n) is 26.8. The van der Waals surface area contributed by atoms with Crippen molar-refractivity contribution in [3.05, 3.63) is 159 Å². The minimum atomic E-state index is 0.588. The van der Waals surface area contributed by atoms with Crippen LogP contribution in [0.15, 0.2) is 137 Å². The van der Waals surface area contributed by atoms with E-state index >= 15 is 0 Å². The maximum absolute atomic E-state index is 2.32. The molecular weight excluding hydrogens is 480 g/mol. The standard InChI is InChI=1S/C40H52/c1-31(2)30-36(7)25-17-23-33(4)19-13-11-12-18-32(3)20-14-15-21-34(5)22-16-24-35(6)26-29-40-38(9)28-27-37(8)39(40)10/h11-24,26-30,36H,25H2,1-10H3/b13-11+,15-14-,18-12+,22-16+,23-17+,29-26+,32-20+,33-19+,34-21+,35-24+. The number of hydrogen-bond acceptors (Lipinski definition) is 0. The summed E-state index contributed by atoms with van der Waals surface area (Å²) < 4.78 is 0. The number of allylic oxidation sites excluding steroid dienone is 21. The van der Waals surface area contributed by atoms with Gasteiger partial charge in [0, 0.05) is 0 Å². The minimum absolute atomic E-state index is 0.588. The molecule has 0 heterocycles. The smallest absolute Gasteiger partial charge is 0.0195 e. The molecule has 0 aliphatic carbocycles. The lowest BCUT2D eigenvalue weighted by Gasteiger charge is -2.08. The third-order valence-electron chi connectivity index (χ3n) is 6.51. The van der Waals surface area contributed by atoms with Crippen molar-refractivity contribution in [2.45, 2.75) is 75.7 Å². The Morgan fingerprint density at radius 1 is 0.600 bits per heavy atom. The van der Waals surface area contributed by atoms with Crippen molar-refractivity contribution in [2.75, 3.05) is 0 Å². The molecule has 0 aliphatic rings. The fraction of sp³-hybridized carbons (Fsp3) is 0.300. The highest BCUT2D eigenvalue weighted by atomic mass is 14.1. The number of hydrogen-bond donors (Lipinski definition) is 0. The average molecular weight is 533 g/mol. The van der Waals surface area contributed by atoms with E-state index in [1.807, 2.05) is 0 Å². The maximum Gasteiger partial charge on any atom is -0.0195 e. The Morgan fingerprint density at radius 2 is 1.10 bits per heavy atom. The van der Waals surface area contributed by atoms with Crippen molar-refractivity contribution in [2.24, 2.45) is 5.92 Å². The third kappa shape index (κ3) is 15.7. The number of rotatable bonds is 13. The van der Waals surface area contributed by atoms with E-state index in [0.29, 0.717) is 5.92 Å². The molecule has 1 atom stereocenters. The molecule has 0 spiro atoms. The summed E-state index contributed by atoms with van der Waals surface area (Å²) in [4.78, 5) is 0. The van der Waals surface area contributed by atoms with Gasteiger partial charge in [-0.2, -0.15) is 0 Å². The summed E-state index contributed by atoms with van der Waals surface area (Å²) in [6.07, 6.45) is 37.6. The summed E-state index contributed by atoms with van der Waals surface area (Å²) >= 11 is 0. The van der Waals surface area contributed by atoms with Gasteiger partial charge in [0.05, 0.1) is 0 Å². The van der Waals surface area contributed by atoms with Crippen LogP contribution in [0.1, 0.15) is 77.1 Å². The van der Waals surface area contributed by atoms with E-state index in [0.717, 1.165) is 6.42 Å². The first-order valence-corrected chi connectivity index (χ1v) is 14.4. The van der Waals surface area contributed by atoms with Gasteiger partial charge in [-0.05, 0) is 96.9 Å². The molecule has 0 aromatic heterocycles. The van der Waals surface area contributed by atoms with Crippen LogP contribution < -0.4 is 0 Å². The van der Waals surface area contributed by atoms with E-state index in [9.17, 15) is 0 Å². The Hall–Kier alpha value is -3.64. The molecule has 1 aromatic rings. The first-order chi connectivity index (χ1) is 19.0. The fourth-order valence-corrected chi connectivity index (χ4v) is 4.02. The van der Waals surface area contributed by atoms with Gasteiger partial charge in [0.1, 0.15) is 0 Å². The van der Waals surface area contributed by atoms with Crippen molar-refractivity contribution in [3.8, 4) is 0 Å². The molecule has 0 N–H and O–H groups in total. The average Bonchev–Trinajstić information content (AvgIpc) is 2.88. The van der Waals surface area contributed by atoms with E-state index in [-0.39, 0.29) is 0 Å². The summed E-state index contributed by atoms with van der Waals surface area (Å²) in [7, 11) is 0. The molecule has 0 bridgehead atoms. The molecule has 212 valence electrons. The van der Waals surface area contributed by atoms with Gasteiger partial charge in [-0.25, -0.2) is 0 Å². The molecule has 1 aromatic carbocycles. The van der Waals surface area contributed by atoms with Crippen LogP contribution in [-0.4, -0.2) is 0 Å². The second-order valence-corrected chi connectivity index (χ2v) is 11.1. The Labute approximate surface area is 246 Å². The van der Waals surface area contributed by atoms with E-state index < -0.39 is 0 Å². The number of benzene rings is 1. The van der Waals surface area contributed by atoms with Gasteiger partial charge in [0.25, 0.3) is 0 Å². The van der Waals surface area contributed by atoms with E-state index in [4.69, 9.17) is 0 Å². The largest absolute Gasteiger partial charge is 0.0837 e. The van der Waals surface area contributed by atoms with E-state index in [2.05, 4.69) is 185 Å². The molecule has 0 aliphatic heterocycles. The Kier molecular flexibility index (Phi) is 16.7. The van der Waals surface area contributed by atoms with Gasteiger partial charge in [-0.15, -0.1) is 0 Å². The predicted molar refractivity (Wildman–Crippen MR) is 184 cm³/mol. The Bertz CT molecular complexity index is 1280. The van der Waals surface area contributed by atoms with Crippen LogP contribution in [-0.2, 0) is 0 Å². The van der Waals surface area contributed by atoms with Gasteiger partial charge in [0.15, 0.2) is 0 Å². The van der Waals surface area contributed by atoms with Crippen molar-refractivity contribution in [3.63, 3.8) is 0 Å². The van der Waals surface area contributed by atoms with Crippen LogP contribution in [0.5, 0.6) is 0 Å². The van der Waals surface area contributed by atoms with Gasteiger partial charge in [0.2, 0.25) is 0 Å².